The first kappa shape index (κ1) is 19.9. The van der Waals surface area contributed by atoms with Crippen molar-refractivity contribution in [3.05, 3.63) is 52.3 Å². The highest BCUT2D eigenvalue weighted by Gasteiger charge is 2.14. The fourth-order valence-corrected chi connectivity index (χ4v) is 2.81. The van der Waals surface area contributed by atoms with Gasteiger partial charge < -0.3 is 10.0 Å². The lowest BCUT2D eigenvalue weighted by molar-refractivity contribution is -0.384. The van der Waals surface area contributed by atoms with Crippen molar-refractivity contribution in [2.75, 3.05) is 19.0 Å². The molecule has 2 aromatic carbocycles. The highest BCUT2D eigenvalue weighted by atomic mass is 32.1. The molecule has 0 atom stereocenters. The van der Waals surface area contributed by atoms with E-state index < -0.39 is 4.92 Å². The number of nitro benzene ring substituents is 1. The van der Waals surface area contributed by atoms with Crippen LogP contribution in [0.15, 0.2) is 56.9 Å². The zero-order valence-electron chi connectivity index (χ0n) is 15.7. The summed E-state index contributed by atoms with van der Waals surface area (Å²) < 4.78 is 4.04. The first-order chi connectivity index (χ1) is 13.8. The molecule has 29 heavy (non-hydrogen) atoms. The molecule has 12 heteroatoms. The average Bonchev–Trinajstić information content (AvgIpc) is 3.11. The summed E-state index contributed by atoms with van der Waals surface area (Å²) in [6, 6.07) is 8.89. The van der Waals surface area contributed by atoms with E-state index in [4.69, 9.17) is 0 Å². The summed E-state index contributed by atoms with van der Waals surface area (Å²) in [7, 11) is 3.58. The monoisotopic (exact) mass is 412 g/mol. The molecule has 0 saturated heterocycles. The van der Waals surface area contributed by atoms with Crippen LogP contribution in [0.1, 0.15) is 5.82 Å². The lowest BCUT2D eigenvalue weighted by atomic mass is 10.2. The Balaban J connectivity index is 1.99. The standard InChI is InChI=1S/C17H16N8O3S/c1-10-18-17(29-23-10)22-20-12-8-13(16(26)9-15(12)24(2)3)21-19-11-6-4-5-7-14(11)25(27)28/h4-9,26H,1-3H3/b21-19+,22-20+. The summed E-state index contributed by atoms with van der Waals surface area (Å²) in [5, 5.41) is 37.9. The molecular formula is C17H16N8O3S. The molecule has 1 N–H and O–H groups in total. The number of azo groups is 2. The van der Waals surface area contributed by atoms with Gasteiger partial charge in [0.15, 0.2) is 5.69 Å². The van der Waals surface area contributed by atoms with E-state index in [0.29, 0.717) is 22.3 Å². The highest BCUT2D eigenvalue weighted by Crippen LogP contribution is 2.40. The van der Waals surface area contributed by atoms with Crippen LogP contribution in [-0.2, 0) is 0 Å². The van der Waals surface area contributed by atoms with Gasteiger partial charge in [0.05, 0.1) is 10.6 Å². The van der Waals surface area contributed by atoms with E-state index in [1.165, 1.54) is 30.3 Å². The van der Waals surface area contributed by atoms with Gasteiger partial charge in [-0.25, -0.2) is 4.98 Å². The predicted octanol–water partition coefficient (Wildman–Crippen LogP) is 5.36. The average molecular weight is 412 g/mol. The molecule has 0 radical (unpaired) electrons. The number of hydrogen-bond donors (Lipinski definition) is 1. The summed E-state index contributed by atoms with van der Waals surface area (Å²) in [5.74, 6) is 0.447. The summed E-state index contributed by atoms with van der Waals surface area (Å²) in [6.07, 6.45) is 0. The van der Waals surface area contributed by atoms with Gasteiger partial charge in [-0.1, -0.05) is 12.1 Å². The van der Waals surface area contributed by atoms with Gasteiger partial charge in [0.1, 0.15) is 22.9 Å². The van der Waals surface area contributed by atoms with E-state index in [9.17, 15) is 15.2 Å². The largest absolute Gasteiger partial charge is 0.506 e. The van der Waals surface area contributed by atoms with Crippen LogP contribution in [0, 0.1) is 17.0 Å². The van der Waals surface area contributed by atoms with E-state index in [0.717, 1.165) is 11.5 Å². The number of anilines is 1. The van der Waals surface area contributed by atoms with Gasteiger partial charge >= 0.3 is 0 Å². The second-order valence-electron chi connectivity index (χ2n) is 5.99. The molecule has 3 aromatic rings. The number of nitro groups is 1. The van der Waals surface area contributed by atoms with Gasteiger partial charge in [-0.2, -0.15) is 4.37 Å². The number of phenols is 1. The number of nitrogens with zero attached hydrogens (tertiary/aromatic N) is 8. The second-order valence-corrected chi connectivity index (χ2v) is 6.72. The molecule has 0 aliphatic rings. The summed E-state index contributed by atoms with van der Waals surface area (Å²) in [4.78, 5) is 16.4. The molecule has 0 bridgehead atoms. The molecule has 0 amide bonds. The van der Waals surface area contributed by atoms with Gasteiger partial charge in [-0.3, -0.25) is 10.1 Å². The Kier molecular flexibility index (Phi) is 5.83. The molecule has 1 heterocycles. The van der Waals surface area contributed by atoms with E-state index in [-0.39, 0.29) is 22.8 Å². The minimum atomic E-state index is -0.549. The Hall–Kier alpha value is -3.80. The number of benzene rings is 2. The van der Waals surface area contributed by atoms with Gasteiger partial charge in [-0.05, 0) is 19.1 Å². The maximum absolute atomic E-state index is 11.1. The zero-order valence-corrected chi connectivity index (χ0v) is 16.5. The van der Waals surface area contributed by atoms with Crippen LogP contribution in [0.5, 0.6) is 5.75 Å². The molecule has 0 spiro atoms. The van der Waals surface area contributed by atoms with Gasteiger partial charge in [0, 0.05) is 37.8 Å². The van der Waals surface area contributed by atoms with Crippen LogP contribution in [0.25, 0.3) is 0 Å². The predicted molar refractivity (Wildman–Crippen MR) is 109 cm³/mol. The van der Waals surface area contributed by atoms with Crippen molar-refractivity contribution in [2.24, 2.45) is 20.5 Å². The maximum Gasteiger partial charge on any atom is 0.296 e. The fourth-order valence-electron chi connectivity index (χ4n) is 2.31. The van der Waals surface area contributed by atoms with Crippen LogP contribution in [-0.4, -0.2) is 33.5 Å². The smallest absolute Gasteiger partial charge is 0.296 e. The Morgan fingerprint density at radius 2 is 1.76 bits per heavy atom. The normalized spacial score (nSPS) is 11.4. The van der Waals surface area contributed by atoms with E-state index in [2.05, 4.69) is 29.8 Å². The first-order valence-electron chi connectivity index (χ1n) is 8.26. The molecule has 3 rings (SSSR count). The number of aromatic nitrogens is 2. The summed E-state index contributed by atoms with van der Waals surface area (Å²) >= 11 is 1.11. The zero-order chi connectivity index (χ0) is 21.0. The highest BCUT2D eigenvalue weighted by molar-refractivity contribution is 7.09. The molecule has 0 saturated carbocycles. The van der Waals surface area contributed by atoms with Crippen molar-refractivity contribution in [1.29, 1.82) is 0 Å². The number of para-hydroxylation sites is 1. The molecule has 1 aromatic heterocycles. The quantitative estimate of drug-likeness (QED) is 0.328. The number of aryl methyl sites for hydroxylation is 1. The number of rotatable bonds is 6. The third kappa shape index (κ3) is 4.73. The molecule has 0 unspecified atom stereocenters. The third-order valence-electron chi connectivity index (χ3n) is 3.66. The Morgan fingerprint density at radius 3 is 2.41 bits per heavy atom. The Labute approximate surface area is 169 Å². The lowest BCUT2D eigenvalue weighted by Gasteiger charge is -2.15. The van der Waals surface area contributed by atoms with Crippen molar-refractivity contribution in [1.82, 2.24) is 9.36 Å². The van der Waals surface area contributed by atoms with Crippen LogP contribution in [0.3, 0.4) is 0 Å². The van der Waals surface area contributed by atoms with Crippen molar-refractivity contribution >= 4 is 45.1 Å². The fraction of sp³-hybridized carbons (Fsp3) is 0.176. The molecule has 0 fully saturated rings. The first-order valence-corrected chi connectivity index (χ1v) is 9.04. The number of phenolic OH excluding ortho intramolecular Hbond substituents is 1. The Morgan fingerprint density at radius 1 is 1.07 bits per heavy atom. The molecule has 0 aliphatic carbocycles. The number of hydrogen-bond acceptors (Lipinski definition) is 11. The summed E-state index contributed by atoms with van der Waals surface area (Å²) in [5.41, 5.74) is 0.985. The van der Waals surface area contributed by atoms with E-state index in [1.807, 2.05) is 0 Å². The van der Waals surface area contributed by atoms with Gasteiger partial charge in [0.25, 0.3) is 5.69 Å². The third-order valence-corrected chi connectivity index (χ3v) is 4.35. The lowest BCUT2D eigenvalue weighted by Crippen LogP contribution is -2.08. The van der Waals surface area contributed by atoms with E-state index in [1.54, 1.807) is 32.0 Å². The minimum absolute atomic E-state index is 0.0705. The van der Waals surface area contributed by atoms with Crippen molar-refractivity contribution in [3.63, 3.8) is 0 Å². The molecule has 148 valence electrons. The minimum Gasteiger partial charge on any atom is -0.506 e. The Bertz CT molecular complexity index is 1110. The van der Waals surface area contributed by atoms with Crippen LogP contribution >= 0.6 is 11.5 Å². The second kappa shape index (κ2) is 8.48. The van der Waals surface area contributed by atoms with Crippen LogP contribution in [0.2, 0.25) is 0 Å². The van der Waals surface area contributed by atoms with Gasteiger partial charge in [0.2, 0.25) is 5.13 Å². The number of aromatic hydroxyl groups is 1. The molecule has 11 nitrogen and oxygen atoms in total. The van der Waals surface area contributed by atoms with Crippen LogP contribution in [0.4, 0.5) is 33.6 Å². The van der Waals surface area contributed by atoms with Crippen molar-refractivity contribution in [3.8, 4) is 5.75 Å². The van der Waals surface area contributed by atoms with Gasteiger partial charge in [-0.15, -0.1) is 20.5 Å². The van der Waals surface area contributed by atoms with Crippen molar-refractivity contribution in [2.45, 2.75) is 6.92 Å². The topological polar surface area (TPSA) is 142 Å². The molecular weight excluding hydrogens is 396 g/mol. The summed E-state index contributed by atoms with van der Waals surface area (Å²) in [6.45, 7) is 1.75. The van der Waals surface area contributed by atoms with Crippen molar-refractivity contribution < 1.29 is 10.0 Å². The van der Waals surface area contributed by atoms with Crippen LogP contribution < -0.4 is 4.90 Å². The van der Waals surface area contributed by atoms with E-state index >= 15 is 0 Å². The SMILES string of the molecule is Cc1nsc(/N=N/c2cc(/N=N/c3ccccc3[N+](=O)[O-])c(O)cc2N(C)C)n1. The maximum atomic E-state index is 11.1. The molecule has 0 aliphatic heterocycles.